The smallest absolute Gasteiger partial charge is 0.238 e. The Morgan fingerprint density at radius 2 is 1.81 bits per heavy atom. The van der Waals surface area contributed by atoms with Crippen LogP contribution in [-0.2, 0) is 16.0 Å². The molecule has 1 amide bonds. The molecule has 14 heteroatoms. The minimum atomic E-state index is -1.64. The van der Waals surface area contributed by atoms with E-state index in [0.717, 1.165) is 47.0 Å². The molecule has 2 unspecified atom stereocenters. The van der Waals surface area contributed by atoms with Gasteiger partial charge in [-0.15, -0.1) is 16.9 Å². The summed E-state index contributed by atoms with van der Waals surface area (Å²) >= 11 is 0.875. The van der Waals surface area contributed by atoms with Crippen molar-refractivity contribution >= 4 is 17.7 Å². The Labute approximate surface area is 250 Å². The van der Waals surface area contributed by atoms with Gasteiger partial charge in [0.1, 0.15) is 40.7 Å². The molecule has 1 aliphatic carbocycles. The van der Waals surface area contributed by atoms with Crippen molar-refractivity contribution in [1.82, 2.24) is 19.9 Å². The number of aliphatic hydroxyl groups is 4. The Kier molecular flexibility index (Phi) is 9.73. The second-order valence-corrected chi connectivity index (χ2v) is 12.3. The first-order valence-corrected chi connectivity index (χ1v) is 14.8. The molecular formula is C29H33F3N4O6S. The number of carbonyl (C=O) groups is 1. The van der Waals surface area contributed by atoms with Gasteiger partial charge in [-0.05, 0) is 42.9 Å². The Balaban J connectivity index is 1.41. The summed E-state index contributed by atoms with van der Waals surface area (Å²) in [6.07, 6.45) is -2.04. The summed E-state index contributed by atoms with van der Waals surface area (Å²) in [4.78, 5) is 15.2. The molecular weight excluding hydrogens is 589 g/mol. The van der Waals surface area contributed by atoms with Crippen LogP contribution in [0, 0.1) is 23.4 Å². The van der Waals surface area contributed by atoms with Gasteiger partial charge in [0.05, 0.1) is 18.9 Å². The SMILES string of the molecule is CN(CC1CC1)C(=O)C(S[C@@H]1O[C@H](CO)[C@H](O)[C@H](n2cc(-c3cc(F)c(F)c(F)c3)nn2)[C@H]1O)C(O)Cc1ccccc1. The van der Waals surface area contributed by atoms with E-state index in [-0.39, 0.29) is 23.6 Å². The van der Waals surface area contributed by atoms with Gasteiger partial charge >= 0.3 is 0 Å². The van der Waals surface area contributed by atoms with Crippen LogP contribution in [0.25, 0.3) is 11.3 Å². The molecule has 232 valence electrons. The van der Waals surface area contributed by atoms with Crippen LogP contribution in [0.4, 0.5) is 13.2 Å². The molecule has 2 aromatic carbocycles. The summed E-state index contributed by atoms with van der Waals surface area (Å²) in [5, 5.41) is 50.4. The normalized spacial score (nSPS) is 25.3. The van der Waals surface area contributed by atoms with Crippen molar-refractivity contribution in [2.45, 2.75) is 60.4 Å². The molecule has 2 fully saturated rings. The fraction of sp³-hybridized carbons (Fsp3) is 0.483. The third kappa shape index (κ3) is 7.05. The van der Waals surface area contributed by atoms with Crippen LogP contribution in [0.5, 0.6) is 0 Å². The van der Waals surface area contributed by atoms with Crippen LogP contribution in [0.3, 0.4) is 0 Å². The number of benzene rings is 2. The highest BCUT2D eigenvalue weighted by atomic mass is 32.2. The minimum absolute atomic E-state index is 0.0681. The molecule has 5 rings (SSSR count). The number of nitrogens with zero attached hydrogens (tertiary/aromatic N) is 4. The van der Waals surface area contributed by atoms with E-state index in [4.69, 9.17) is 4.74 Å². The van der Waals surface area contributed by atoms with Gasteiger partial charge in [0.25, 0.3) is 0 Å². The lowest BCUT2D eigenvalue weighted by Crippen LogP contribution is -2.56. The van der Waals surface area contributed by atoms with Gasteiger partial charge in [-0.2, -0.15) is 0 Å². The summed E-state index contributed by atoms with van der Waals surface area (Å²) in [7, 11) is 1.66. The van der Waals surface area contributed by atoms with Crippen LogP contribution in [0.2, 0.25) is 0 Å². The molecule has 3 aromatic rings. The molecule has 2 heterocycles. The van der Waals surface area contributed by atoms with Gasteiger partial charge in [-0.3, -0.25) is 4.79 Å². The predicted octanol–water partition coefficient (Wildman–Crippen LogP) is 1.92. The highest BCUT2D eigenvalue weighted by Crippen LogP contribution is 2.39. The minimum Gasteiger partial charge on any atom is -0.394 e. The largest absolute Gasteiger partial charge is 0.394 e. The van der Waals surface area contributed by atoms with Crippen molar-refractivity contribution in [3.05, 3.63) is 71.7 Å². The van der Waals surface area contributed by atoms with Crippen LogP contribution in [0.15, 0.2) is 48.7 Å². The topological polar surface area (TPSA) is 141 Å². The molecule has 1 aromatic heterocycles. The summed E-state index contributed by atoms with van der Waals surface area (Å²) < 4.78 is 48.0. The second-order valence-electron chi connectivity index (χ2n) is 11.0. The van der Waals surface area contributed by atoms with Gasteiger partial charge in [0, 0.05) is 19.2 Å². The predicted molar refractivity (Wildman–Crippen MR) is 150 cm³/mol. The fourth-order valence-corrected chi connectivity index (χ4v) is 6.56. The first kappa shape index (κ1) is 31.4. The van der Waals surface area contributed by atoms with E-state index in [1.807, 2.05) is 30.3 Å². The number of amides is 1. The quantitative estimate of drug-likeness (QED) is 0.236. The number of hydrogen-bond donors (Lipinski definition) is 4. The average molecular weight is 623 g/mol. The first-order valence-electron chi connectivity index (χ1n) is 13.9. The van der Waals surface area contributed by atoms with E-state index in [1.54, 1.807) is 11.9 Å². The van der Waals surface area contributed by atoms with Crippen molar-refractivity contribution in [3.8, 4) is 11.3 Å². The number of aliphatic hydroxyl groups excluding tert-OH is 4. The highest BCUT2D eigenvalue weighted by molar-refractivity contribution is 8.01. The maximum Gasteiger partial charge on any atom is 0.238 e. The van der Waals surface area contributed by atoms with E-state index in [1.165, 1.54) is 6.20 Å². The number of aromatic nitrogens is 3. The molecule has 1 aliphatic heterocycles. The third-order valence-electron chi connectivity index (χ3n) is 7.71. The van der Waals surface area contributed by atoms with Crippen molar-refractivity contribution in [3.63, 3.8) is 0 Å². The molecule has 2 aliphatic rings. The van der Waals surface area contributed by atoms with Crippen LogP contribution < -0.4 is 0 Å². The van der Waals surface area contributed by atoms with Crippen LogP contribution in [-0.4, -0.2) is 102 Å². The molecule has 10 nitrogen and oxygen atoms in total. The molecule has 0 bridgehead atoms. The summed E-state index contributed by atoms with van der Waals surface area (Å²) in [6, 6.07) is 9.32. The Bertz CT molecular complexity index is 1390. The average Bonchev–Trinajstić information content (AvgIpc) is 3.67. The Hall–Kier alpha value is -3.01. The van der Waals surface area contributed by atoms with Gasteiger partial charge in [-0.1, -0.05) is 35.5 Å². The number of carbonyl (C=O) groups excluding carboxylic acids is 1. The van der Waals surface area contributed by atoms with Crippen molar-refractivity contribution in [2.24, 2.45) is 5.92 Å². The van der Waals surface area contributed by atoms with E-state index in [2.05, 4.69) is 10.3 Å². The molecule has 0 radical (unpaired) electrons. The lowest BCUT2D eigenvalue weighted by atomic mass is 9.97. The summed E-state index contributed by atoms with van der Waals surface area (Å²) in [5.74, 6) is -4.46. The fourth-order valence-electron chi connectivity index (χ4n) is 5.17. The standard InChI is InChI=1S/C29H33F3N4O6S/c1-35(12-16-7-8-16)28(41)27(21(38)9-15-5-3-2-4-6-15)43-29-26(40)24(25(39)22(14-37)42-29)36-13-20(33-34-36)17-10-18(30)23(32)19(31)11-17/h2-6,10-11,13,16,21-22,24-27,29,37-40H,7-9,12,14H2,1H3/t21?,22-,24+,25+,26-,27?,29+/m1/s1. The van der Waals surface area contributed by atoms with Crippen molar-refractivity contribution in [1.29, 1.82) is 0 Å². The maximum absolute atomic E-state index is 13.8. The lowest BCUT2D eigenvalue weighted by molar-refractivity contribution is -0.178. The summed E-state index contributed by atoms with van der Waals surface area (Å²) in [5.41, 5.74) is -0.612. The second kappa shape index (κ2) is 13.3. The summed E-state index contributed by atoms with van der Waals surface area (Å²) in [6.45, 7) is -0.126. The zero-order valence-electron chi connectivity index (χ0n) is 23.2. The zero-order chi connectivity index (χ0) is 30.8. The van der Waals surface area contributed by atoms with Gasteiger partial charge < -0.3 is 30.1 Å². The zero-order valence-corrected chi connectivity index (χ0v) is 24.0. The van der Waals surface area contributed by atoms with E-state index < -0.39 is 65.2 Å². The maximum atomic E-state index is 13.8. The van der Waals surface area contributed by atoms with E-state index >= 15 is 0 Å². The molecule has 1 saturated carbocycles. The number of thioether (sulfide) groups is 1. The van der Waals surface area contributed by atoms with Crippen molar-refractivity contribution in [2.75, 3.05) is 20.2 Å². The molecule has 43 heavy (non-hydrogen) atoms. The third-order valence-corrected chi connectivity index (χ3v) is 9.18. The van der Waals surface area contributed by atoms with E-state index in [9.17, 15) is 38.4 Å². The highest BCUT2D eigenvalue weighted by Gasteiger charge is 2.48. The van der Waals surface area contributed by atoms with Crippen LogP contribution >= 0.6 is 11.8 Å². The number of hydrogen-bond acceptors (Lipinski definition) is 9. The van der Waals surface area contributed by atoms with Crippen LogP contribution in [0.1, 0.15) is 24.4 Å². The monoisotopic (exact) mass is 622 g/mol. The lowest BCUT2D eigenvalue weighted by Gasteiger charge is -2.43. The van der Waals surface area contributed by atoms with Gasteiger partial charge in [0.15, 0.2) is 17.5 Å². The molecule has 4 N–H and O–H groups in total. The number of ether oxygens (including phenoxy) is 1. The Morgan fingerprint density at radius 1 is 1.14 bits per heavy atom. The Morgan fingerprint density at radius 3 is 2.44 bits per heavy atom. The first-order chi connectivity index (χ1) is 20.6. The molecule has 0 spiro atoms. The molecule has 7 atom stereocenters. The number of halogens is 3. The molecule has 1 saturated heterocycles. The van der Waals surface area contributed by atoms with E-state index in [0.29, 0.717) is 12.5 Å². The number of rotatable bonds is 11. The van der Waals surface area contributed by atoms with Crippen molar-refractivity contribution < 1.29 is 43.1 Å². The van der Waals surface area contributed by atoms with Gasteiger partial charge in [0.2, 0.25) is 5.91 Å². The van der Waals surface area contributed by atoms with Gasteiger partial charge in [-0.25, -0.2) is 17.9 Å².